The fourth-order valence-electron chi connectivity index (χ4n) is 3.67. The maximum atomic E-state index is 9.70. The van der Waals surface area contributed by atoms with Crippen molar-refractivity contribution < 1.29 is 5.11 Å². The summed E-state index contributed by atoms with van der Waals surface area (Å²) in [4.78, 5) is 2.48. The van der Waals surface area contributed by atoms with Crippen molar-refractivity contribution in [2.75, 3.05) is 13.1 Å². The van der Waals surface area contributed by atoms with Gasteiger partial charge in [-0.2, -0.15) is 5.26 Å². The molecule has 5 unspecified atom stereocenters. The van der Waals surface area contributed by atoms with Gasteiger partial charge in [-0.15, -0.1) is 0 Å². The highest BCUT2D eigenvalue weighted by molar-refractivity contribution is 4.99. The molecular weight excluding hydrogens is 224 g/mol. The van der Waals surface area contributed by atoms with Gasteiger partial charge >= 0.3 is 0 Å². The van der Waals surface area contributed by atoms with Crippen molar-refractivity contribution >= 4 is 0 Å². The van der Waals surface area contributed by atoms with Gasteiger partial charge in [0, 0.05) is 12.6 Å². The highest BCUT2D eigenvalue weighted by atomic mass is 16.3. The zero-order chi connectivity index (χ0) is 13.1. The van der Waals surface area contributed by atoms with Gasteiger partial charge in [0.05, 0.1) is 18.1 Å². The maximum absolute atomic E-state index is 9.70. The average Bonchev–Trinajstić information content (AvgIpc) is 2.87. The summed E-state index contributed by atoms with van der Waals surface area (Å²) in [6, 6.07) is 2.96. The van der Waals surface area contributed by atoms with Crippen LogP contribution in [0.1, 0.15) is 46.0 Å². The van der Waals surface area contributed by atoms with Gasteiger partial charge < -0.3 is 5.11 Å². The molecule has 0 amide bonds. The minimum Gasteiger partial charge on any atom is -0.393 e. The third-order valence-electron chi connectivity index (χ3n) is 5.08. The molecule has 5 atom stereocenters. The van der Waals surface area contributed by atoms with E-state index >= 15 is 0 Å². The van der Waals surface area contributed by atoms with E-state index in [1.165, 1.54) is 19.3 Å². The first-order chi connectivity index (χ1) is 8.65. The number of hydrogen-bond donors (Lipinski definition) is 1. The van der Waals surface area contributed by atoms with E-state index in [9.17, 15) is 10.4 Å². The van der Waals surface area contributed by atoms with Gasteiger partial charge in [0.15, 0.2) is 0 Å². The number of aliphatic hydroxyl groups excluding tert-OH is 1. The van der Waals surface area contributed by atoms with E-state index in [1.807, 2.05) is 6.92 Å². The molecular formula is C15H26N2O. The number of nitriles is 1. The summed E-state index contributed by atoms with van der Waals surface area (Å²) in [7, 11) is 0. The molecule has 1 aliphatic heterocycles. The number of nitrogens with zero attached hydrogens (tertiary/aromatic N) is 2. The lowest BCUT2D eigenvalue weighted by Crippen LogP contribution is -2.43. The van der Waals surface area contributed by atoms with E-state index in [1.54, 1.807) is 0 Å². The first kappa shape index (κ1) is 13.8. The quantitative estimate of drug-likeness (QED) is 0.836. The molecule has 2 fully saturated rings. The van der Waals surface area contributed by atoms with Crippen molar-refractivity contribution in [3.63, 3.8) is 0 Å². The molecule has 0 aromatic heterocycles. The fraction of sp³-hybridized carbons (Fsp3) is 0.933. The normalized spacial score (nSPS) is 39.4. The van der Waals surface area contributed by atoms with E-state index in [4.69, 9.17) is 0 Å². The first-order valence-electron chi connectivity index (χ1n) is 7.47. The topological polar surface area (TPSA) is 47.3 Å². The molecule has 18 heavy (non-hydrogen) atoms. The lowest BCUT2D eigenvalue weighted by molar-refractivity contribution is 0.0945. The molecule has 1 saturated heterocycles. The summed E-state index contributed by atoms with van der Waals surface area (Å²) in [5.74, 6) is 1.41. The minimum atomic E-state index is -0.207. The van der Waals surface area contributed by atoms with Crippen molar-refractivity contribution in [3.8, 4) is 6.07 Å². The molecule has 2 aliphatic rings. The lowest BCUT2D eigenvalue weighted by Gasteiger charge is -2.38. The highest BCUT2D eigenvalue weighted by Gasteiger charge is 2.38. The highest BCUT2D eigenvalue weighted by Crippen LogP contribution is 2.36. The zero-order valence-electron chi connectivity index (χ0n) is 11.7. The van der Waals surface area contributed by atoms with Crippen LogP contribution in [0.15, 0.2) is 0 Å². The van der Waals surface area contributed by atoms with Gasteiger partial charge in [-0.1, -0.05) is 13.3 Å². The van der Waals surface area contributed by atoms with E-state index in [0.29, 0.717) is 12.0 Å². The van der Waals surface area contributed by atoms with E-state index in [-0.39, 0.29) is 12.0 Å². The Morgan fingerprint density at radius 2 is 2.17 bits per heavy atom. The van der Waals surface area contributed by atoms with Gasteiger partial charge in [0.1, 0.15) is 0 Å². The van der Waals surface area contributed by atoms with Crippen molar-refractivity contribution in [3.05, 3.63) is 0 Å². The van der Waals surface area contributed by atoms with Crippen molar-refractivity contribution in [1.29, 1.82) is 5.26 Å². The van der Waals surface area contributed by atoms with Crippen LogP contribution in [0.4, 0.5) is 0 Å². The second kappa shape index (κ2) is 6.04. The molecule has 0 radical (unpaired) electrons. The fourth-order valence-corrected chi connectivity index (χ4v) is 3.67. The standard InChI is InChI=1S/C15H26N2O/c1-3-12-4-5-13(9-16)15(8-12)17-7-6-14(10-17)11(2)18/h11-15,18H,3-8,10H2,1-2H3. The predicted molar refractivity (Wildman–Crippen MR) is 71.9 cm³/mol. The van der Waals surface area contributed by atoms with Gasteiger partial charge in [0.2, 0.25) is 0 Å². The number of hydrogen-bond acceptors (Lipinski definition) is 3. The molecule has 3 heteroatoms. The Labute approximate surface area is 111 Å². The van der Waals surface area contributed by atoms with E-state index < -0.39 is 0 Å². The van der Waals surface area contributed by atoms with Crippen LogP contribution in [-0.2, 0) is 0 Å². The second-order valence-corrected chi connectivity index (χ2v) is 6.17. The van der Waals surface area contributed by atoms with Gasteiger partial charge in [-0.25, -0.2) is 0 Å². The minimum absolute atomic E-state index is 0.207. The van der Waals surface area contributed by atoms with Crippen LogP contribution in [0.25, 0.3) is 0 Å². The van der Waals surface area contributed by atoms with Crippen LogP contribution in [0.3, 0.4) is 0 Å². The molecule has 1 N–H and O–H groups in total. The monoisotopic (exact) mass is 250 g/mol. The summed E-state index contributed by atoms with van der Waals surface area (Å²) < 4.78 is 0. The van der Waals surface area contributed by atoms with Crippen molar-refractivity contribution in [1.82, 2.24) is 4.90 Å². The SMILES string of the molecule is CCC1CCC(C#N)C(N2CCC(C(C)O)C2)C1. The molecule has 1 saturated carbocycles. The Balaban J connectivity index is 1.99. The third kappa shape index (κ3) is 2.87. The molecule has 102 valence electrons. The lowest BCUT2D eigenvalue weighted by atomic mass is 9.77. The first-order valence-corrected chi connectivity index (χ1v) is 7.47. The molecule has 3 nitrogen and oxygen atoms in total. The van der Waals surface area contributed by atoms with Gasteiger partial charge in [0.25, 0.3) is 0 Å². The summed E-state index contributed by atoms with van der Waals surface area (Å²) in [6.07, 6.45) is 5.59. The van der Waals surface area contributed by atoms with Crippen LogP contribution in [0, 0.1) is 29.1 Å². The Bertz CT molecular complexity index is 310. The molecule has 1 heterocycles. The molecule has 0 spiro atoms. The van der Waals surface area contributed by atoms with Crippen LogP contribution in [0.2, 0.25) is 0 Å². The Hall–Kier alpha value is -0.590. The van der Waals surface area contributed by atoms with E-state index in [2.05, 4.69) is 17.9 Å². The van der Waals surface area contributed by atoms with Crippen LogP contribution in [0.5, 0.6) is 0 Å². The third-order valence-corrected chi connectivity index (χ3v) is 5.08. The summed E-state index contributed by atoms with van der Waals surface area (Å²) in [5.41, 5.74) is 0. The Morgan fingerprint density at radius 1 is 1.39 bits per heavy atom. The van der Waals surface area contributed by atoms with E-state index in [0.717, 1.165) is 31.8 Å². The Kier molecular flexibility index (Phi) is 4.64. The van der Waals surface area contributed by atoms with Gasteiger partial charge in [-0.05, 0) is 51.0 Å². The summed E-state index contributed by atoms with van der Waals surface area (Å²) in [5, 5.41) is 19.0. The largest absolute Gasteiger partial charge is 0.393 e. The number of rotatable bonds is 3. The zero-order valence-corrected chi connectivity index (χ0v) is 11.7. The van der Waals surface area contributed by atoms with Crippen molar-refractivity contribution in [2.24, 2.45) is 17.8 Å². The molecule has 0 bridgehead atoms. The smallest absolute Gasteiger partial charge is 0.0672 e. The predicted octanol–water partition coefficient (Wildman–Crippen LogP) is 2.41. The average molecular weight is 250 g/mol. The van der Waals surface area contributed by atoms with Crippen molar-refractivity contribution in [2.45, 2.75) is 58.1 Å². The molecule has 0 aromatic rings. The van der Waals surface area contributed by atoms with Crippen LogP contribution >= 0.6 is 0 Å². The van der Waals surface area contributed by atoms with Crippen LogP contribution in [-0.4, -0.2) is 35.2 Å². The molecule has 0 aromatic carbocycles. The summed E-state index contributed by atoms with van der Waals surface area (Å²) in [6.45, 7) is 6.20. The summed E-state index contributed by atoms with van der Waals surface area (Å²) >= 11 is 0. The number of aliphatic hydroxyl groups is 1. The van der Waals surface area contributed by atoms with Gasteiger partial charge in [-0.3, -0.25) is 4.90 Å². The number of likely N-dealkylation sites (tertiary alicyclic amines) is 1. The Morgan fingerprint density at radius 3 is 2.72 bits per heavy atom. The molecule has 1 aliphatic carbocycles. The second-order valence-electron chi connectivity index (χ2n) is 6.17. The molecule has 2 rings (SSSR count). The maximum Gasteiger partial charge on any atom is 0.0672 e. The van der Waals surface area contributed by atoms with Crippen LogP contribution < -0.4 is 0 Å².